The van der Waals surface area contributed by atoms with Crippen molar-refractivity contribution in [3.8, 4) is 5.75 Å². The van der Waals surface area contributed by atoms with Gasteiger partial charge < -0.3 is 19.4 Å². The number of carbonyl (C=O) groups is 1. The molecule has 1 N–H and O–H groups in total. The lowest BCUT2D eigenvalue weighted by molar-refractivity contribution is 0.0921. The average Bonchev–Trinajstić information content (AvgIpc) is 3.33. The zero-order chi connectivity index (χ0) is 22.0. The molecule has 3 aromatic rings. The molecule has 0 bridgehead atoms. The van der Waals surface area contributed by atoms with Gasteiger partial charge in [-0.05, 0) is 49.7 Å². The number of carbonyl (C=O) groups excluding carboxylic acids is 1. The molecule has 6 heteroatoms. The van der Waals surface area contributed by atoms with Gasteiger partial charge in [-0.2, -0.15) is 0 Å². The third-order valence-electron chi connectivity index (χ3n) is 5.77. The summed E-state index contributed by atoms with van der Waals surface area (Å²) >= 11 is 0. The first kappa shape index (κ1) is 22.0. The number of furan rings is 1. The SMILES string of the molecule is O=C(NCCCCN1CCN(c2ccccc2)CC1)c1occc1COc1ccccc1. The van der Waals surface area contributed by atoms with Crippen molar-refractivity contribution in [1.82, 2.24) is 10.2 Å². The van der Waals surface area contributed by atoms with E-state index in [-0.39, 0.29) is 5.91 Å². The normalized spacial score (nSPS) is 14.3. The Morgan fingerprint density at radius 3 is 2.38 bits per heavy atom. The summed E-state index contributed by atoms with van der Waals surface area (Å²) in [5.74, 6) is 0.917. The Morgan fingerprint density at radius 1 is 0.906 bits per heavy atom. The smallest absolute Gasteiger partial charge is 0.287 e. The second-order valence-electron chi connectivity index (χ2n) is 8.00. The van der Waals surface area contributed by atoms with Crippen LogP contribution in [0, 0.1) is 0 Å². The van der Waals surface area contributed by atoms with Gasteiger partial charge >= 0.3 is 0 Å². The number of hydrogen-bond acceptors (Lipinski definition) is 5. The number of nitrogens with one attached hydrogen (secondary N) is 1. The molecule has 0 aliphatic carbocycles. The Hall–Kier alpha value is -3.25. The van der Waals surface area contributed by atoms with E-state index in [4.69, 9.17) is 9.15 Å². The number of nitrogens with zero attached hydrogens (tertiary/aromatic N) is 2. The molecule has 4 rings (SSSR count). The van der Waals surface area contributed by atoms with Crippen LogP contribution >= 0.6 is 0 Å². The van der Waals surface area contributed by atoms with Crippen molar-refractivity contribution in [1.29, 1.82) is 0 Å². The first-order valence-electron chi connectivity index (χ1n) is 11.3. The van der Waals surface area contributed by atoms with E-state index in [1.165, 1.54) is 12.0 Å². The molecule has 168 valence electrons. The molecule has 0 unspecified atom stereocenters. The summed E-state index contributed by atoms with van der Waals surface area (Å²) < 4.78 is 11.1. The topological polar surface area (TPSA) is 58.0 Å². The Bertz CT molecular complexity index is 951. The molecule has 6 nitrogen and oxygen atoms in total. The molecule has 0 saturated carbocycles. The molecule has 1 aromatic heterocycles. The maximum atomic E-state index is 12.5. The molecule has 1 aliphatic rings. The predicted octanol–water partition coefficient (Wildman–Crippen LogP) is 4.19. The molecule has 2 heterocycles. The number of ether oxygens (including phenoxy) is 1. The lowest BCUT2D eigenvalue weighted by atomic mass is 10.2. The van der Waals surface area contributed by atoms with Crippen LogP contribution in [0.1, 0.15) is 29.0 Å². The second kappa shape index (κ2) is 11.4. The minimum absolute atomic E-state index is 0.182. The fourth-order valence-electron chi connectivity index (χ4n) is 3.94. The highest BCUT2D eigenvalue weighted by Gasteiger charge is 2.17. The maximum absolute atomic E-state index is 12.5. The molecular weight excluding hydrogens is 402 g/mol. The summed E-state index contributed by atoms with van der Waals surface area (Å²) in [7, 11) is 0. The van der Waals surface area contributed by atoms with Gasteiger partial charge in [0.25, 0.3) is 5.91 Å². The Labute approximate surface area is 189 Å². The minimum Gasteiger partial charge on any atom is -0.489 e. The van der Waals surface area contributed by atoms with Crippen LogP contribution in [-0.2, 0) is 6.61 Å². The summed E-state index contributed by atoms with van der Waals surface area (Å²) in [4.78, 5) is 17.4. The number of amides is 1. The van der Waals surface area contributed by atoms with E-state index in [1.54, 1.807) is 6.07 Å². The third-order valence-corrected chi connectivity index (χ3v) is 5.77. The summed E-state index contributed by atoms with van der Waals surface area (Å²) in [5.41, 5.74) is 2.06. The van der Waals surface area contributed by atoms with Gasteiger partial charge in [-0.3, -0.25) is 9.69 Å². The van der Waals surface area contributed by atoms with Crippen LogP contribution in [0.2, 0.25) is 0 Å². The van der Waals surface area contributed by atoms with E-state index >= 15 is 0 Å². The summed E-state index contributed by atoms with van der Waals surface area (Å²) in [6.07, 6.45) is 3.54. The molecular formula is C26H31N3O3. The van der Waals surface area contributed by atoms with Gasteiger partial charge in [0.15, 0.2) is 5.76 Å². The van der Waals surface area contributed by atoms with Crippen LogP contribution in [0.25, 0.3) is 0 Å². The summed E-state index contributed by atoms with van der Waals surface area (Å²) in [6.45, 7) is 6.30. The molecule has 2 aromatic carbocycles. The molecule has 32 heavy (non-hydrogen) atoms. The minimum atomic E-state index is -0.182. The fraction of sp³-hybridized carbons (Fsp3) is 0.346. The molecule has 0 spiro atoms. The first-order valence-corrected chi connectivity index (χ1v) is 11.3. The van der Waals surface area contributed by atoms with Crippen molar-refractivity contribution in [3.05, 3.63) is 84.3 Å². The van der Waals surface area contributed by atoms with E-state index in [1.807, 2.05) is 30.3 Å². The quantitative estimate of drug-likeness (QED) is 0.486. The van der Waals surface area contributed by atoms with Gasteiger partial charge in [0.05, 0.1) is 6.26 Å². The van der Waals surface area contributed by atoms with E-state index in [0.717, 1.165) is 56.9 Å². The van der Waals surface area contributed by atoms with E-state index in [0.29, 0.717) is 18.9 Å². The maximum Gasteiger partial charge on any atom is 0.287 e. The molecule has 1 amide bonds. The van der Waals surface area contributed by atoms with Crippen LogP contribution < -0.4 is 15.0 Å². The average molecular weight is 434 g/mol. The van der Waals surface area contributed by atoms with E-state index in [9.17, 15) is 4.79 Å². The highest BCUT2D eigenvalue weighted by Crippen LogP contribution is 2.17. The van der Waals surface area contributed by atoms with Crippen molar-refractivity contribution in [2.45, 2.75) is 19.4 Å². The van der Waals surface area contributed by atoms with Crippen molar-refractivity contribution in [2.75, 3.05) is 44.2 Å². The van der Waals surface area contributed by atoms with E-state index in [2.05, 4.69) is 45.4 Å². The van der Waals surface area contributed by atoms with Crippen LogP contribution in [0.5, 0.6) is 5.75 Å². The van der Waals surface area contributed by atoms with Crippen LogP contribution in [0.3, 0.4) is 0 Å². The van der Waals surface area contributed by atoms with Gasteiger partial charge in [0, 0.05) is 44.0 Å². The van der Waals surface area contributed by atoms with Gasteiger partial charge in [0.2, 0.25) is 0 Å². The third kappa shape index (κ3) is 6.14. The number of benzene rings is 2. The van der Waals surface area contributed by atoms with Crippen LogP contribution in [0.15, 0.2) is 77.4 Å². The summed E-state index contributed by atoms with van der Waals surface area (Å²) in [5, 5.41) is 2.97. The lowest BCUT2D eigenvalue weighted by Crippen LogP contribution is -2.46. The number of hydrogen-bond donors (Lipinski definition) is 1. The predicted molar refractivity (Wildman–Crippen MR) is 126 cm³/mol. The first-order chi connectivity index (χ1) is 15.8. The van der Waals surface area contributed by atoms with Crippen molar-refractivity contribution < 1.29 is 13.9 Å². The number of para-hydroxylation sites is 2. The molecule has 0 atom stereocenters. The number of piperazine rings is 1. The highest BCUT2D eigenvalue weighted by atomic mass is 16.5. The Morgan fingerprint density at radius 2 is 1.62 bits per heavy atom. The van der Waals surface area contributed by atoms with E-state index < -0.39 is 0 Å². The number of anilines is 1. The van der Waals surface area contributed by atoms with Gasteiger partial charge in [-0.15, -0.1) is 0 Å². The van der Waals surface area contributed by atoms with Crippen molar-refractivity contribution in [2.24, 2.45) is 0 Å². The Kier molecular flexibility index (Phi) is 7.82. The lowest BCUT2D eigenvalue weighted by Gasteiger charge is -2.36. The monoisotopic (exact) mass is 433 g/mol. The summed E-state index contributed by atoms with van der Waals surface area (Å²) in [6, 6.07) is 21.9. The number of unbranched alkanes of at least 4 members (excludes halogenated alkanes) is 1. The highest BCUT2D eigenvalue weighted by molar-refractivity contribution is 5.92. The largest absolute Gasteiger partial charge is 0.489 e. The Balaban J connectivity index is 1.12. The van der Waals surface area contributed by atoms with Gasteiger partial charge in [0.1, 0.15) is 12.4 Å². The number of rotatable bonds is 10. The van der Waals surface area contributed by atoms with Crippen molar-refractivity contribution in [3.63, 3.8) is 0 Å². The van der Waals surface area contributed by atoms with Gasteiger partial charge in [-0.25, -0.2) is 0 Å². The zero-order valence-electron chi connectivity index (χ0n) is 18.4. The molecule has 0 radical (unpaired) electrons. The van der Waals surface area contributed by atoms with Crippen LogP contribution in [0.4, 0.5) is 5.69 Å². The second-order valence-corrected chi connectivity index (χ2v) is 8.00. The fourth-order valence-corrected chi connectivity index (χ4v) is 3.94. The van der Waals surface area contributed by atoms with Crippen LogP contribution in [-0.4, -0.2) is 50.1 Å². The molecule has 1 saturated heterocycles. The van der Waals surface area contributed by atoms with Gasteiger partial charge in [-0.1, -0.05) is 36.4 Å². The molecule has 1 fully saturated rings. The van der Waals surface area contributed by atoms with Crippen molar-refractivity contribution >= 4 is 11.6 Å². The zero-order valence-corrected chi connectivity index (χ0v) is 18.4. The standard InChI is InChI=1S/C26H31N3O3/c30-26(25-22(13-20-31-25)21-32-24-11-5-2-6-12-24)27-14-7-8-15-28-16-18-29(19-17-28)23-9-3-1-4-10-23/h1-6,9-13,20H,7-8,14-19,21H2,(H,27,30). The molecule has 1 aliphatic heterocycles.